The van der Waals surface area contributed by atoms with Crippen LogP contribution in [0.3, 0.4) is 0 Å². The van der Waals surface area contributed by atoms with Crippen molar-refractivity contribution in [2.75, 3.05) is 39.2 Å². The number of ether oxygens (including phenoxy) is 2. The fourth-order valence-corrected chi connectivity index (χ4v) is 4.35. The Kier molecular flexibility index (Phi) is 9.58. The molecule has 0 saturated carbocycles. The quantitative estimate of drug-likeness (QED) is 0.459. The van der Waals surface area contributed by atoms with Crippen LogP contribution < -0.4 is 10.6 Å². The highest BCUT2D eigenvalue weighted by Gasteiger charge is 2.32. The van der Waals surface area contributed by atoms with Crippen molar-refractivity contribution in [1.82, 2.24) is 10.6 Å². The van der Waals surface area contributed by atoms with E-state index in [1.807, 2.05) is 23.9 Å². The van der Waals surface area contributed by atoms with E-state index in [-0.39, 0.29) is 11.4 Å². The lowest BCUT2D eigenvalue weighted by atomic mass is 9.99. The van der Waals surface area contributed by atoms with Gasteiger partial charge in [-0.05, 0) is 29.7 Å². The SMILES string of the molecule is CCSC1(CNC(=NC)NCc2ccc(COCC(F)(F)F)cc2)CCOCC1. The maximum Gasteiger partial charge on any atom is 0.411 e. The van der Waals surface area contributed by atoms with Gasteiger partial charge in [-0.2, -0.15) is 24.9 Å². The number of rotatable bonds is 9. The van der Waals surface area contributed by atoms with Crippen molar-refractivity contribution < 1.29 is 22.6 Å². The molecule has 0 bridgehead atoms. The molecule has 0 spiro atoms. The number of hydrogen-bond acceptors (Lipinski definition) is 4. The molecule has 1 saturated heterocycles. The van der Waals surface area contributed by atoms with Crippen LogP contribution in [0.5, 0.6) is 0 Å². The number of aliphatic imine (C=N–C) groups is 1. The molecule has 29 heavy (non-hydrogen) atoms. The number of nitrogens with one attached hydrogen (secondary N) is 2. The molecule has 0 aromatic heterocycles. The Bertz CT molecular complexity index is 627. The van der Waals surface area contributed by atoms with Crippen molar-refractivity contribution in [3.63, 3.8) is 0 Å². The first kappa shape index (κ1) is 23.8. The molecular weight excluding hydrogens is 403 g/mol. The second-order valence-electron chi connectivity index (χ2n) is 6.93. The Labute approximate surface area is 174 Å². The Morgan fingerprint density at radius 3 is 2.41 bits per heavy atom. The zero-order valence-corrected chi connectivity index (χ0v) is 17.8. The molecule has 5 nitrogen and oxygen atoms in total. The van der Waals surface area contributed by atoms with Gasteiger partial charge in [0.1, 0.15) is 6.61 Å². The highest BCUT2D eigenvalue weighted by Crippen LogP contribution is 2.34. The normalized spacial score (nSPS) is 17.2. The first-order valence-electron chi connectivity index (χ1n) is 9.74. The van der Waals surface area contributed by atoms with Gasteiger partial charge in [0.25, 0.3) is 0 Å². The predicted octanol–water partition coefficient (Wildman–Crippen LogP) is 3.73. The summed E-state index contributed by atoms with van der Waals surface area (Å²) >= 11 is 1.97. The van der Waals surface area contributed by atoms with Crippen LogP contribution in [0.15, 0.2) is 29.3 Å². The zero-order chi connectivity index (χ0) is 21.2. The van der Waals surface area contributed by atoms with E-state index in [1.54, 1.807) is 19.2 Å². The molecule has 1 aromatic rings. The summed E-state index contributed by atoms with van der Waals surface area (Å²) in [5, 5.41) is 6.71. The van der Waals surface area contributed by atoms with Gasteiger partial charge < -0.3 is 20.1 Å². The van der Waals surface area contributed by atoms with E-state index in [2.05, 4.69) is 27.3 Å². The number of benzene rings is 1. The topological polar surface area (TPSA) is 54.9 Å². The lowest BCUT2D eigenvalue weighted by Crippen LogP contribution is -2.48. The van der Waals surface area contributed by atoms with Gasteiger partial charge in [0.15, 0.2) is 5.96 Å². The maximum absolute atomic E-state index is 12.1. The lowest BCUT2D eigenvalue weighted by molar-refractivity contribution is -0.176. The van der Waals surface area contributed by atoms with Crippen molar-refractivity contribution in [1.29, 1.82) is 0 Å². The van der Waals surface area contributed by atoms with E-state index in [0.29, 0.717) is 12.1 Å². The fraction of sp³-hybridized carbons (Fsp3) is 0.650. The molecule has 0 amide bonds. The van der Waals surface area contributed by atoms with Crippen molar-refractivity contribution >= 4 is 17.7 Å². The number of hydrogen-bond donors (Lipinski definition) is 2. The third-order valence-electron chi connectivity index (χ3n) is 4.67. The summed E-state index contributed by atoms with van der Waals surface area (Å²) in [4.78, 5) is 4.29. The minimum atomic E-state index is -4.30. The van der Waals surface area contributed by atoms with Crippen LogP contribution in [-0.2, 0) is 22.6 Å². The van der Waals surface area contributed by atoms with Crippen LogP contribution in [-0.4, -0.2) is 56.0 Å². The van der Waals surface area contributed by atoms with Crippen LogP contribution in [0.4, 0.5) is 13.2 Å². The number of guanidine groups is 1. The summed E-state index contributed by atoms with van der Waals surface area (Å²) in [5.74, 6) is 1.79. The summed E-state index contributed by atoms with van der Waals surface area (Å²) in [6, 6.07) is 7.30. The third-order valence-corrected chi connectivity index (χ3v) is 6.13. The number of alkyl halides is 3. The average molecular weight is 434 g/mol. The van der Waals surface area contributed by atoms with Gasteiger partial charge in [0, 0.05) is 38.1 Å². The van der Waals surface area contributed by atoms with E-state index in [1.165, 1.54) is 0 Å². The molecule has 0 unspecified atom stereocenters. The van der Waals surface area contributed by atoms with Gasteiger partial charge >= 0.3 is 6.18 Å². The zero-order valence-electron chi connectivity index (χ0n) is 17.0. The largest absolute Gasteiger partial charge is 0.411 e. The van der Waals surface area contributed by atoms with Crippen LogP contribution in [0.2, 0.25) is 0 Å². The average Bonchev–Trinajstić information content (AvgIpc) is 2.69. The molecule has 1 heterocycles. The van der Waals surface area contributed by atoms with Gasteiger partial charge in [-0.25, -0.2) is 0 Å². The molecular formula is C20H30F3N3O2S. The van der Waals surface area contributed by atoms with Crippen LogP contribution >= 0.6 is 11.8 Å². The van der Waals surface area contributed by atoms with Crippen LogP contribution in [0.1, 0.15) is 30.9 Å². The summed E-state index contributed by atoms with van der Waals surface area (Å²) in [6.45, 7) is 3.86. The van der Waals surface area contributed by atoms with Crippen molar-refractivity contribution in [2.24, 2.45) is 4.99 Å². The molecule has 0 aliphatic carbocycles. The van der Waals surface area contributed by atoms with Gasteiger partial charge in [0.2, 0.25) is 0 Å². The molecule has 9 heteroatoms. The Morgan fingerprint density at radius 1 is 1.17 bits per heavy atom. The monoisotopic (exact) mass is 433 g/mol. The van der Waals surface area contributed by atoms with Gasteiger partial charge in [-0.15, -0.1) is 0 Å². The predicted molar refractivity (Wildman–Crippen MR) is 111 cm³/mol. The molecule has 1 aliphatic heterocycles. The van der Waals surface area contributed by atoms with Crippen molar-refractivity contribution in [3.05, 3.63) is 35.4 Å². The number of halogens is 3. The minimum Gasteiger partial charge on any atom is -0.381 e. The van der Waals surface area contributed by atoms with Crippen LogP contribution in [0.25, 0.3) is 0 Å². The molecule has 164 valence electrons. The molecule has 1 aliphatic rings. The second-order valence-corrected chi connectivity index (χ2v) is 8.66. The van der Waals surface area contributed by atoms with Gasteiger partial charge in [-0.3, -0.25) is 4.99 Å². The number of thioether (sulfide) groups is 1. The first-order chi connectivity index (χ1) is 13.9. The van der Waals surface area contributed by atoms with Gasteiger partial charge in [0.05, 0.1) is 6.61 Å². The molecule has 2 N–H and O–H groups in total. The van der Waals surface area contributed by atoms with Crippen molar-refractivity contribution in [3.8, 4) is 0 Å². The molecule has 2 rings (SSSR count). The summed E-state index contributed by atoms with van der Waals surface area (Å²) < 4.78 is 46.7. The van der Waals surface area contributed by atoms with E-state index >= 15 is 0 Å². The molecule has 0 radical (unpaired) electrons. The Hall–Kier alpha value is -1.45. The Morgan fingerprint density at radius 2 is 1.83 bits per heavy atom. The van der Waals surface area contributed by atoms with E-state index < -0.39 is 12.8 Å². The maximum atomic E-state index is 12.1. The van der Waals surface area contributed by atoms with Gasteiger partial charge in [-0.1, -0.05) is 31.2 Å². The summed E-state index contributed by atoms with van der Waals surface area (Å²) in [6.07, 6.45) is -2.26. The molecule has 0 atom stereocenters. The van der Waals surface area contributed by atoms with E-state index in [9.17, 15) is 13.2 Å². The Balaban J connectivity index is 1.78. The van der Waals surface area contributed by atoms with Crippen LogP contribution in [0, 0.1) is 0 Å². The highest BCUT2D eigenvalue weighted by atomic mass is 32.2. The first-order valence-corrected chi connectivity index (χ1v) is 10.7. The highest BCUT2D eigenvalue weighted by molar-refractivity contribution is 8.00. The molecule has 1 fully saturated rings. The minimum absolute atomic E-state index is 0.0582. The van der Waals surface area contributed by atoms with Crippen molar-refractivity contribution in [2.45, 2.75) is 43.8 Å². The smallest absolute Gasteiger partial charge is 0.381 e. The second kappa shape index (κ2) is 11.7. The number of nitrogens with zero attached hydrogens (tertiary/aromatic N) is 1. The van der Waals surface area contributed by atoms with E-state index in [4.69, 9.17) is 4.74 Å². The lowest BCUT2D eigenvalue weighted by Gasteiger charge is -2.37. The van der Waals surface area contributed by atoms with E-state index in [0.717, 1.165) is 49.9 Å². The summed E-state index contributed by atoms with van der Waals surface area (Å²) in [5.41, 5.74) is 1.72. The standard InChI is InChI=1S/C20H30F3N3O2S/c1-3-29-19(8-10-27-11-9-19)14-26-18(24-2)25-12-16-4-6-17(7-5-16)13-28-15-20(21,22)23/h4-7H,3,8-15H2,1-2H3,(H2,24,25,26). The fourth-order valence-electron chi connectivity index (χ4n) is 3.11. The molecule has 1 aromatic carbocycles. The summed E-state index contributed by atoms with van der Waals surface area (Å²) in [7, 11) is 1.74. The third kappa shape index (κ3) is 8.84.